The number of amidine groups is 1. The molecule has 0 radical (unpaired) electrons. The van der Waals surface area contributed by atoms with E-state index in [0.717, 1.165) is 0 Å². The molecule has 0 saturated carbocycles. The molecule has 14 heteroatoms. The van der Waals surface area contributed by atoms with Crippen molar-refractivity contribution in [3.05, 3.63) is 0 Å². The van der Waals surface area contributed by atoms with Crippen molar-refractivity contribution in [2.24, 2.45) is 10.1 Å². The number of carbonyl (C=O) groups is 1. The lowest BCUT2D eigenvalue weighted by Crippen LogP contribution is -2.48. The van der Waals surface area contributed by atoms with E-state index in [2.05, 4.69) is 8.68 Å². The summed E-state index contributed by atoms with van der Waals surface area (Å²) < 4.78 is 63.4. The van der Waals surface area contributed by atoms with Gasteiger partial charge in [-0.1, -0.05) is 0 Å². The minimum atomic E-state index is -4.85. The zero-order chi connectivity index (χ0) is 19.3. The Morgan fingerprint density at radius 2 is 1.92 bits per heavy atom. The van der Waals surface area contributed by atoms with E-state index in [-0.39, 0.29) is 12.4 Å². The van der Waals surface area contributed by atoms with E-state index in [0.29, 0.717) is 37.4 Å². The lowest BCUT2D eigenvalue weighted by atomic mass is 10.0. The number of hydroxylamine groups is 2. The van der Waals surface area contributed by atoms with Gasteiger partial charge in [-0.25, -0.2) is 13.2 Å². The molecular formula is C12H21N5O7S2. The minimum absolute atomic E-state index is 0.0987. The van der Waals surface area contributed by atoms with Crippen LogP contribution in [-0.4, -0.2) is 92.1 Å². The molecule has 3 N–H and O–H groups in total. The van der Waals surface area contributed by atoms with Crippen LogP contribution in [0.5, 0.6) is 0 Å². The number of amides is 2. The highest BCUT2D eigenvalue weighted by atomic mass is 32.3. The van der Waals surface area contributed by atoms with Crippen LogP contribution in [0.4, 0.5) is 4.79 Å². The maximum Gasteiger partial charge on any atom is 0.418 e. The van der Waals surface area contributed by atoms with Crippen molar-refractivity contribution in [2.75, 3.05) is 26.7 Å². The lowest BCUT2D eigenvalue weighted by Gasteiger charge is -2.29. The minimum Gasteiger partial charge on any atom is -0.385 e. The molecule has 3 fully saturated rings. The number of urea groups is 1. The van der Waals surface area contributed by atoms with Gasteiger partial charge >= 0.3 is 16.4 Å². The first-order valence-electron chi connectivity index (χ1n) is 8.02. The molecule has 3 heterocycles. The van der Waals surface area contributed by atoms with Gasteiger partial charge in [-0.15, -0.1) is 8.68 Å². The van der Waals surface area contributed by atoms with Crippen molar-refractivity contribution >= 4 is 32.3 Å². The lowest BCUT2D eigenvalue weighted by molar-refractivity contribution is -0.0316. The zero-order valence-electron chi connectivity index (χ0n) is 14.1. The van der Waals surface area contributed by atoms with E-state index in [4.69, 9.17) is 10.3 Å². The molecule has 0 aromatic rings. The Morgan fingerprint density at radius 3 is 2.50 bits per heavy atom. The van der Waals surface area contributed by atoms with Crippen LogP contribution in [0.3, 0.4) is 0 Å². The van der Waals surface area contributed by atoms with Gasteiger partial charge in [0.15, 0.2) is 0 Å². The Hall–Kier alpha value is -1.48. The van der Waals surface area contributed by atoms with Gasteiger partial charge in [0, 0.05) is 13.1 Å². The molecule has 0 aromatic carbocycles. The fraction of sp³-hybridized carbons (Fsp3) is 0.833. The topological polar surface area (TPSA) is 163 Å². The van der Waals surface area contributed by atoms with Gasteiger partial charge in [-0.2, -0.15) is 13.5 Å². The number of hydrogen-bond acceptors (Lipinski definition) is 7. The summed E-state index contributed by atoms with van der Waals surface area (Å²) in [5.74, 6) is -0.208. The third-order valence-corrected chi connectivity index (χ3v) is 6.88. The molecule has 148 valence electrons. The summed E-state index contributed by atoms with van der Waals surface area (Å²) in [6.45, 7) is 1.11. The van der Waals surface area contributed by atoms with Crippen molar-refractivity contribution in [1.82, 2.24) is 14.9 Å². The second-order valence-corrected chi connectivity index (χ2v) is 9.60. The van der Waals surface area contributed by atoms with Gasteiger partial charge in [0.2, 0.25) is 0 Å². The third kappa shape index (κ3) is 3.78. The summed E-state index contributed by atoms with van der Waals surface area (Å²) in [5, 5.41) is -0.0701. The average Bonchev–Trinajstić information content (AvgIpc) is 3.05. The van der Waals surface area contributed by atoms with Gasteiger partial charge in [-0.3, -0.25) is 4.55 Å². The maximum atomic E-state index is 12.4. The maximum absolute atomic E-state index is 12.4. The average molecular weight is 411 g/mol. The predicted molar refractivity (Wildman–Crippen MR) is 89.8 cm³/mol. The van der Waals surface area contributed by atoms with Gasteiger partial charge in [0.1, 0.15) is 5.84 Å². The molecule has 3 aliphatic rings. The molecule has 0 aliphatic carbocycles. The number of likely N-dealkylation sites (tertiary alicyclic amines) is 1. The van der Waals surface area contributed by atoms with E-state index < -0.39 is 43.8 Å². The Labute approximate surface area is 151 Å². The summed E-state index contributed by atoms with van der Waals surface area (Å²) in [5.41, 5.74) is 5.89. The first-order chi connectivity index (χ1) is 12.0. The van der Waals surface area contributed by atoms with Crippen LogP contribution in [-0.2, 0) is 24.7 Å². The number of rotatable bonds is 5. The van der Waals surface area contributed by atoms with Crippen molar-refractivity contribution in [1.29, 1.82) is 0 Å². The molecule has 3 aliphatic heterocycles. The van der Waals surface area contributed by atoms with Crippen molar-refractivity contribution in [2.45, 2.75) is 36.6 Å². The van der Waals surface area contributed by atoms with E-state index in [1.54, 1.807) is 0 Å². The number of fused-ring (bicyclic) bond motifs is 2. The molecular weight excluding hydrogens is 390 g/mol. The molecule has 12 nitrogen and oxygen atoms in total. The number of piperidine rings is 1. The summed E-state index contributed by atoms with van der Waals surface area (Å²) in [7, 11) is -6.85. The summed E-state index contributed by atoms with van der Waals surface area (Å²) >= 11 is 0. The van der Waals surface area contributed by atoms with E-state index in [9.17, 15) is 21.6 Å². The zero-order valence-corrected chi connectivity index (χ0v) is 15.7. The molecule has 3 unspecified atom stereocenters. The number of sulfonamides is 1. The molecule has 2 amide bonds. The van der Waals surface area contributed by atoms with Crippen LogP contribution in [0, 0.1) is 0 Å². The summed E-state index contributed by atoms with van der Waals surface area (Å²) in [6, 6.07) is -2.16. The molecule has 0 spiro atoms. The highest BCUT2D eigenvalue weighted by Crippen LogP contribution is 2.31. The third-order valence-electron chi connectivity index (χ3n) is 4.84. The largest absolute Gasteiger partial charge is 0.418 e. The molecule has 26 heavy (non-hydrogen) atoms. The van der Waals surface area contributed by atoms with E-state index in [1.807, 2.05) is 11.9 Å². The first-order valence-corrected chi connectivity index (χ1v) is 10.9. The quantitative estimate of drug-likeness (QED) is 0.307. The van der Waals surface area contributed by atoms with E-state index in [1.165, 1.54) is 4.90 Å². The fourth-order valence-electron chi connectivity index (χ4n) is 3.56. The highest BCUT2D eigenvalue weighted by molar-refractivity contribution is 7.90. The second kappa shape index (κ2) is 6.60. The normalized spacial score (nSPS) is 31.1. The first kappa shape index (κ1) is 19.3. The Bertz CT molecular complexity index is 827. The second-order valence-electron chi connectivity index (χ2n) is 6.71. The molecule has 3 rings (SSSR count). The standard InChI is InChI=1S/C12H21N5O7S2/c1-15-5-4-9(7-15)25(19,20)14-11(13)10-3-2-8-6-16(10)12(18)17(8)24-26(21,22)23/h8-10H,2-7H2,1H3,(H2,13,14)(H,21,22,23). The van der Waals surface area contributed by atoms with Gasteiger partial charge < -0.3 is 15.5 Å². The Kier molecular flexibility index (Phi) is 4.89. The number of nitrogens with two attached hydrogens (primary N) is 1. The monoisotopic (exact) mass is 411 g/mol. The number of carbonyl (C=O) groups excluding carboxylic acids is 1. The van der Waals surface area contributed by atoms with Crippen LogP contribution < -0.4 is 5.73 Å². The van der Waals surface area contributed by atoms with Crippen molar-refractivity contribution in [3.63, 3.8) is 0 Å². The van der Waals surface area contributed by atoms with Gasteiger partial charge in [0.25, 0.3) is 10.0 Å². The van der Waals surface area contributed by atoms with Crippen molar-refractivity contribution < 1.29 is 30.5 Å². The summed E-state index contributed by atoms with van der Waals surface area (Å²) in [6.07, 6.45) is 1.09. The molecule has 3 saturated heterocycles. The predicted octanol–water partition coefficient (Wildman–Crippen LogP) is -1.62. The SMILES string of the molecule is CN1CCC(S(=O)(=O)N=C(N)C2CCC3CN2C(=O)N3OS(=O)(=O)O)C1. The van der Waals surface area contributed by atoms with E-state index >= 15 is 0 Å². The molecule has 0 aromatic heterocycles. The van der Waals surface area contributed by atoms with Crippen LogP contribution in [0.15, 0.2) is 4.40 Å². The molecule has 3 atom stereocenters. The smallest absolute Gasteiger partial charge is 0.385 e. The molecule has 2 bridgehead atoms. The van der Waals surface area contributed by atoms with Crippen LogP contribution >= 0.6 is 0 Å². The van der Waals surface area contributed by atoms with Crippen LogP contribution in [0.1, 0.15) is 19.3 Å². The Morgan fingerprint density at radius 1 is 1.23 bits per heavy atom. The highest BCUT2D eigenvalue weighted by Gasteiger charge is 2.48. The Balaban J connectivity index is 1.77. The number of nitrogens with zero attached hydrogens (tertiary/aromatic N) is 4. The van der Waals surface area contributed by atoms with Gasteiger partial charge in [0.05, 0.1) is 17.3 Å². The van der Waals surface area contributed by atoms with Gasteiger partial charge in [-0.05, 0) is 32.9 Å². The summed E-state index contributed by atoms with van der Waals surface area (Å²) in [4.78, 5) is 15.4. The van der Waals surface area contributed by atoms with Crippen LogP contribution in [0.2, 0.25) is 0 Å². The number of hydrogen-bond donors (Lipinski definition) is 2. The van der Waals surface area contributed by atoms with Crippen LogP contribution in [0.25, 0.3) is 0 Å². The van der Waals surface area contributed by atoms with Crippen molar-refractivity contribution in [3.8, 4) is 0 Å². The fourth-order valence-corrected chi connectivity index (χ4v) is 5.36.